The molecule has 0 unspecified atom stereocenters. The van der Waals surface area contributed by atoms with Gasteiger partial charge in [-0.2, -0.15) is 0 Å². The molecule has 0 saturated heterocycles. The monoisotopic (exact) mass is 229 g/mol. The minimum Gasteiger partial charge on any atom is -0.370 e. The van der Waals surface area contributed by atoms with Gasteiger partial charge in [-0.05, 0) is 6.42 Å². The molecule has 0 bridgehead atoms. The summed E-state index contributed by atoms with van der Waals surface area (Å²) in [6.45, 7) is 6.24. The topological polar surface area (TPSA) is 43.1 Å². The van der Waals surface area contributed by atoms with E-state index in [-0.39, 0.29) is 5.91 Å². The number of rotatable bonds is 10. The molecule has 0 spiro atoms. The summed E-state index contributed by atoms with van der Waals surface area (Å²) < 4.78 is 0. The number of carbonyl (C=O) groups is 1. The lowest BCUT2D eigenvalue weighted by Crippen LogP contribution is -2.09. The van der Waals surface area contributed by atoms with Crippen molar-refractivity contribution < 1.29 is 4.79 Å². The molecule has 0 radical (unpaired) electrons. The van der Waals surface area contributed by atoms with Gasteiger partial charge in [-0.15, -0.1) is 0 Å². The fourth-order valence-corrected chi connectivity index (χ4v) is 1.61. The largest absolute Gasteiger partial charge is 0.370 e. The van der Waals surface area contributed by atoms with Gasteiger partial charge in [0.2, 0.25) is 5.91 Å². The van der Waals surface area contributed by atoms with Crippen molar-refractivity contribution in [3.8, 4) is 0 Å². The Labute approximate surface area is 102 Å². The summed E-state index contributed by atoms with van der Waals surface area (Å²) in [7, 11) is 0. The smallest absolute Gasteiger partial charge is 0.217 e. The van der Waals surface area contributed by atoms with Crippen molar-refractivity contribution in [2.75, 3.05) is 0 Å². The molecule has 2 nitrogen and oxygen atoms in total. The number of nitrogens with two attached hydrogens (primary N) is 1. The highest BCUT2D eigenvalue weighted by Crippen LogP contribution is 2.10. The zero-order valence-electron chi connectivity index (χ0n) is 11.6. The van der Waals surface area contributed by atoms with Crippen molar-refractivity contribution in [1.82, 2.24) is 0 Å². The van der Waals surface area contributed by atoms with Crippen LogP contribution in [-0.4, -0.2) is 5.91 Å². The van der Waals surface area contributed by atoms with Gasteiger partial charge >= 0.3 is 0 Å². The van der Waals surface area contributed by atoms with Crippen LogP contribution in [0.25, 0.3) is 0 Å². The van der Waals surface area contributed by atoms with Crippen LogP contribution in [0.4, 0.5) is 0 Å². The molecule has 0 aliphatic rings. The van der Waals surface area contributed by atoms with Crippen LogP contribution >= 0.6 is 0 Å². The van der Waals surface area contributed by atoms with E-state index in [2.05, 4.69) is 6.92 Å². The fraction of sp³-hybridized carbons (Fsp3) is 0.929. The van der Waals surface area contributed by atoms with Gasteiger partial charge in [0.05, 0.1) is 0 Å². The Hall–Kier alpha value is -0.530. The first-order valence-electron chi connectivity index (χ1n) is 7.05. The average Bonchev–Trinajstić information content (AvgIpc) is 2.29. The van der Waals surface area contributed by atoms with Crippen LogP contribution in [0.15, 0.2) is 0 Å². The van der Waals surface area contributed by atoms with Gasteiger partial charge in [0.25, 0.3) is 0 Å². The molecular weight excluding hydrogens is 198 g/mol. The van der Waals surface area contributed by atoms with Gasteiger partial charge in [-0.3, -0.25) is 4.79 Å². The fourth-order valence-electron chi connectivity index (χ4n) is 1.61. The Kier molecular flexibility index (Phi) is 18.8. The molecule has 0 aromatic rings. The Bertz CT molecular complexity index is 135. The first-order chi connectivity index (χ1) is 7.77. The summed E-state index contributed by atoms with van der Waals surface area (Å²) in [4.78, 5) is 10.4. The Balaban J connectivity index is 0. The predicted octanol–water partition coefficient (Wildman–Crippen LogP) is 4.42. The molecule has 0 aliphatic heterocycles. The second-order valence-corrected chi connectivity index (χ2v) is 4.04. The lowest BCUT2D eigenvalue weighted by molar-refractivity contribution is -0.118. The summed E-state index contributed by atoms with van der Waals surface area (Å²) >= 11 is 0. The highest BCUT2D eigenvalue weighted by atomic mass is 16.1. The molecule has 0 aromatic heterocycles. The first-order valence-corrected chi connectivity index (χ1v) is 7.05. The summed E-state index contributed by atoms with van der Waals surface area (Å²) in [5, 5.41) is 0. The molecule has 2 N–H and O–H groups in total. The van der Waals surface area contributed by atoms with E-state index in [1.165, 1.54) is 44.9 Å². The average molecular weight is 229 g/mol. The molecule has 0 rings (SSSR count). The highest BCUT2D eigenvalue weighted by molar-refractivity contribution is 5.73. The number of amides is 1. The van der Waals surface area contributed by atoms with Crippen LogP contribution in [0.5, 0.6) is 0 Å². The van der Waals surface area contributed by atoms with Crippen molar-refractivity contribution in [2.45, 2.75) is 85.0 Å². The van der Waals surface area contributed by atoms with E-state index in [4.69, 9.17) is 5.73 Å². The zero-order chi connectivity index (χ0) is 12.6. The molecular formula is C14H31NO. The van der Waals surface area contributed by atoms with Crippen molar-refractivity contribution in [3.63, 3.8) is 0 Å². The van der Waals surface area contributed by atoms with Crippen molar-refractivity contribution in [2.24, 2.45) is 5.73 Å². The van der Waals surface area contributed by atoms with Gasteiger partial charge < -0.3 is 5.73 Å². The van der Waals surface area contributed by atoms with Gasteiger partial charge in [-0.25, -0.2) is 0 Å². The summed E-state index contributed by atoms with van der Waals surface area (Å²) in [5.41, 5.74) is 5.05. The van der Waals surface area contributed by atoms with E-state index < -0.39 is 0 Å². The van der Waals surface area contributed by atoms with Crippen LogP contribution in [-0.2, 0) is 4.79 Å². The van der Waals surface area contributed by atoms with Crippen LogP contribution in [0.2, 0.25) is 0 Å². The summed E-state index contributed by atoms with van der Waals surface area (Å²) in [5.74, 6) is -0.159. The molecule has 2 heteroatoms. The highest BCUT2D eigenvalue weighted by Gasteiger charge is 1.94. The van der Waals surface area contributed by atoms with Gasteiger partial charge in [0, 0.05) is 6.42 Å². The number of hydrogen-bond acceptors (Lipinski definition) is 1. The van der Waals surface area contributed by atoms with Crippen molar-refractivity contribution in [3.05, 3.63) is 0 Å². The molecule has 0 saturated carbocycles. The lowest BCUT2D eigenvalue weighted by Gasteiger charge is -2.00. The van der Waals surface area contributed by atoms with E-state index in [1.54, 1.807) is 0 Å². The van der Waals surface area contributed by atoms with Gasteiger partial charge in [0.15, 0.2) is 0 Å². The molecule has 0 aromatic carbocycles. The number of carbonyl (C=O) groups excluding carboxylic acids is 1. The summed E-state index contributed by atoms with van der Waals surface area (Å²) in [6.07, 6.45) is 12.1. The number of unbranched alkanes of at least 4 members (excludes halogenated alkanes) is 8. The second-order valence-electron chi connectivity index (χ2n) is 4.04. The van der Waals surface area contributed by atoms with Crippen molar-refractivity contribution in [1.29, 1.82) is 0 Å². The lowest BCUT2D eigenvalue weighted by atomic mass is 10.1. The van der Waals surface area contributed by atoms with Crippen LogP contribution in [0, 0.1) is 0 Å². The molecule has 0 atom stereocenters. The molecule has 16 heavy (non-hydrogen) atoms. The normalized spacial score (nSPS) is 9.44. The third-order valence-corrected chi connectivity index (χ3v) is 2.53. The molecule has 98 valence electrons. The zero-order valence-corrected chi connectivity index (χ0v) is 11.6. The molecule has 0 aliphatic carbocycles. The maximum atomic E-state index is 10.4. The van der Waals surface area contributed by atoms with E-state index in [1.807, 2.05) is 13.8 Å². The van der Waals surface area contributed by atoms with Gasteiger partial charge in [-0.1, -0.05) is 72.1 Å². The van der Waals surface area contributed by atoms with Crippen LogP contribution < -0.4 is 5.73 Å². The summed E-state index contributed by atoms with van der Waals surface area (Å²) in [6, 6.07) is 0. The van der Waals surface area contributed by atoms with E-state index in [0.29, 0.717) is 6.42 Å². The van der Waals surface area contributed by atoms with E-state index >= 15 is 0 Å². The van der Waals surface area contributed by atoms with Crippen molar-refractivity contribution >= 4 is 5.91 Å². The standard InChI is InChI=1S/C12H25NO.C2H6/c1-2-3-4-5-6-7-8-9-10-11-12(13)14;1-2/h2-11H2,1H3,(H2,13,14);1-2H3. The second kappa shape index (κ2) is 16.9. The Morgan fingerprint density at radius 2 is 1.19 bits per heavy atom. The minimum atomic E-state index is -0.159. The molecule has 0 heterocycles. The Morgan fingerprint density at radius 1 is 0.812 bits per heavy atom. The van der Waals surface area contributed by atoms with E-state index in [9.17, 15) is 4.79 Å². The number of primary amides is 1. The molecule has 0 fully saturated rings. The third kappa shape index (κ3) is 19.1. The quantitative estimate of drug-likeness (QED) is 0.554. The third-order valence-electron chi connectivity index (χ3n) is 2.53. The number of hydrogen-bond donors (Lipinski definition) is 1. The SMILES string of the molecule is CC.CCCCCCCCCCCC(N)=O. The van der Waals surface area contributed by atoms with Crippen LogP contribution in [0.1, 0.15) is 85.0 Å². The first kappa shape index (κ1) is 17.9. The maximum Gasteiger partial charge on any atom is 0.217 e. The van der Waals surface area contributed by atoms with Gasteiger partial charge in [0.1, 0.15) is 0 Å². The van der Waals surface area contributed by atoms with Crippen LogP contribution in [0.3, 0.4) is 0 Å². The predicted molar refractivity (Wildman–Crippen MR) is 72.4 cm³/mol. The minimum absolute atomic E-state index is 0.159. The Morgan fingerprint density at radius 3 is 1.56 bits per heavy atom. The van der Waals surface area contributed by atoms with E-state index in [0.717, 1.165) is 12.8 Å². The maximum absolute atomic E-state index is 10.4. The molecule has 1 amide bonds.